The molecule has 3 aromatic rings. The molecule has 3 unspecified atom stereocenters. The average Bonchev–Trinajstić information content (AvgIpc) is 3.51. The number of esters is 1. The maximum atomic E-state index is 13.3. The number of anilines is 2. The number of nitrogens with one attached hydrogen (secondary N) is 3. The minimum absolute atomic E-state index is 0.183. The maximum Gasteiger partial charge on any atom is 0.337 e. The van der Waals surface area contributed by atoms with Crippen LogP contribution < -0.4 is 16.2 Å². The van der Waals surface area contributed by atoms with Gasteiger partial charge in [0, 0.05) is 11.9 Å². The van der Waals surface area contributed by atoms with Crippen molar-refractivity contribution in [2.75, 3.05) is 17.9 Å². The minimum atomic E-state index is -1.21. The van der Waals surface area contributed by atoms with Gasteiger partial charge in [0.05, 0.1) is 24.3 Å². The Kier molecular flexibility index (Phi) is 6.51. The summed E-state index contributed by atoms with van der Waals surface area (Å²) >= 11 is 0. The van der Waals surface area contributed by atoms with Gasteiger partial charge in [-0.2, -0.15) is 0 Å². The number of para-hydroxylation sites is 1. The van der Waals surface area contributed by atoms with Crippen LogP contribution in [-0.2, 0) is 25.5 Å². The average molecular weight is 483 g/mol. The summed E-state index contributed by atoms with van der Waals surface area (Å²) in [6, 6.07) is 24.5. The maximum absolute atomic E-state index is 13.3. The molecule has 0 saturated heterocycles. The molecule has 3 heterocycles. The molecule has 3 N–H and O–H groups in total. The first-order valence-corrected chi connectivity index (χ1v) is 11.6. The van der Waals surface area contributed by atoms with Crippen LogP contribution >= 0.6 is 0 Å². The molecule has 182 valence electrons. The van der Waals surface area contributed by atoms with Gasteiger partial charge in [0.2, 0.25) is 0 Å². The third-order valence-corrected chi connectivity index (χ3v) is 6.30. The van der Waals surface area contributed by atoms with Gasteiger partial charge in [0.1, 0.15) is 17.5 Å². The monoisotopic (exact) mass is 482 g/mol. The zero-order valence-electron chi connectivity index (χ0n) is 19.7. The van der Waals surface area contributed by atoms with Gasteiger partial charge in [-0.15, -0.1) is 0 Å². The van der Waals surface area contributed by atoms with E-state index in [1.54, 1.807) is 24.4 Å². The second-order valence-electron chi connectivity index (χ2n) is 8.52. The van der Waals surface area contributed by atoms with Crippen LogP contribution in [0.1, 0.15) is 5.56 Å². The molecule has 1 amide bonds. The van der Waals surface area contributed by atoms with Crippen molar-refractivity contribution >= 4 is 23.4 Å². The molecule has 0 radical (unpaired) electrons. The van der Waals surface area contributed by atoms with Crippen LogP contribution in [0.15, 0.2) is 108 Å². The van der Waals surface area contributed by atoms with Crippen LogP contribution in [0.4, 0.5) is 11.5 Å². The highest BCUT2D eigenvalue weighted by molar-refractivity contribution is 6.07. The summed E-state index contributed by atoms with van der Waals surface area (Å²) in [5.74, 6) is -0.638. The summed E-state index contributed by atoms with van der Waals surface area (Å²) in [6.07, 6.45) is 5.12. The smallest absolute Gasteiger partial charge is 0.337 e. The molecule has 5 rings (SSSR count). The molecule has 0 aliphatic carbocycles. The Morgan fingerprint density at radius 2 is 1.75 bits per heavy atom. The second-order valence-corrected chi connectivity index (χ2v) is 8.52. The van der Waals surface area contributed by atoms with Crippen molar-refractivity contribution in [1.29, 1.82) is 0 Å². The molecule has 1 aromatic heterocycles. The number of rotatable bonds is 9. The van der Waals surface area contributed by atoms with Gasteiger partial charge < -0.3 is 14.8 Å². The summed E-state index contributed by atoms with van der Waals surface area (Å²) < 4.78 is 11.6. The molecule has 0 fully saturated rings. The summed E-state index contributed by atoms with van der Waals surface area (Å²) in [4.78, 5) is 30.6. The van der Waals surface area contributed by atoms with E-state index in [-0.39, 0.29) is 11.1 Å². The van der Waals surface area contributed by atoms with E-state index >= 15 is 0 Å². The van der Waals surface area contributed by atoms with Crippen LogP contribution in [0.2, 0.25) is 0 Å². The van der Waals surface area contributed by atoms with Gasteiger partial charge >= 0.3 is 5.97 Å². The van der Waals surface area contributed by atoms with E-state index in [1.807, 2.05) is 72.8 Å². The van der Waals surface area contributed by atoms with Gasteiger partial charge in [-0.05, 0) is 42.3 Å². The number of ether oxygens (including phenoxy) is 2. The van der Waals surface area contributed by atoms with E-state index in [4.69, 9.17) is 9.47 Å². The van der Waals surface area contributed by atoms with Gasteiger partial charge in [0.25, 0.3) is 5.91 Å². The van der Waals surface area contributed by atoms with Crippen LogP contribution in [0.25, 0.3) is 0 Å². The highest BCUT2D eigenvalue weighted by Crippen LogP contribution is 2.47. The first kappa shape index (κ1) is 23.3. The lowest BCUT2D eigenvalue weighted by Gasteiger charge is -2.36. The summed E-state index contributed by atoms with van der Waals surface area (Å²) in [5, 5.41) is 3.54. The quantitative estimate of drug-likeness (QED) is 0.244. The van der Waals surface area contributed by atoms with Crippen LogP contribution in [0, 0.1) is 0 Å². The molecule has 8 nitrogen and oxygen atoms in total. The van der Waals surface area contributed by atoms with Crippen molar-refractivity contribution in [3.8, 4) is 0 Å². The number of hydrogen-bond acceptors (Lipinski definition) is 7. The molecule has 8 heteroatoms. The first-order valence-electron chi connectivity index (χ1n) is 11.6. The van der Waals surface area contributed by atoms with E-state index in [9.17, 15) is 9.59 Å². The zero-order chi connectivity index (χ0) is 25.0. The van der Waals surface area contributed by atoms with E-state index in [0.717, 1.165) is 11.3 Å². The molecule has 2 aliphatic heterocycles. The predicted molar refractivity (Wildman–Crippen MR) is 136 cm³/mol. The SMILES string of the molecule is COC(=O)C1=C(C(=O)NNc2ccccn2)C2C=CC1(C(Cc1ccccc1)Nc1ccccc1)O2. The Labute approximate surface area is 209 Å². The largest absolute Gasteiger partial charge is 0.466 e. The minimum Gasteiger partial charge on any atom is -0.466 e. The number of methoxy groups -OCH3 is 1. The van der Waals surface area contributed by atoms with Crippen LogP contribution in [0.5, 0.6) is 0 Å². The Morgan fingerprint density at radius 1 is 1.03 bits per heavy atom. The number of hydrazine groups is 1. The molecular weight excluding hydrogens is 456 g/mol. The Balaban J connectivity index is 1.52. The summed E-state index contributed by atoms with van der Waals surface area (Å²) in [7, 11) is 1.30. The van der Waals surface area contributed by atoms with Crippen molar-refractivity contribution in [2.45, 2.75) is 24.2 Å². The Hall–Kier alpha value is -4.43. The van der Waals surface area contributed by atoms with Crippen molar-refractivity contribution in [1.82, 2.24) is 10.4 Å². The number of amides is 1. The fourth-order valence-corrected chi connectivity index (χ4v) is 4.68. The fourth-order valence-electron chi connectivity index (χ4n) is 4.68. The van der Waals surface area contributed by atoms with E-state index < -0.39 is 29.6 Å². The normalized spacial score (nSPS) is 20.6. The standard InChI is InChI=1S/C28H26N4O4/c1-35-27(34)25-24(26(33)32-31-23-14-8-9-17-29-23)21-15-16-28(25,36-21)22(18-19-10-4-2-5-11-19)30-20-12-6-3-7-13-20/h2-17,21-22,30H,18H2,1H3,(H,29,31)(H,32,33). The van der Waals surface area contributed by atoms with E-state index in [1.165, 1.54) is 7.11 Å². The number of aromatic nitrogens is 1. The van der Waals surface area contributed by atoms with E-state index in [0.29, 0.717) is 12.2 Å². The molecule has 0 spiro atoms. The van der Waals surface area contributed by atoms with E-state index in [2.05, 4.69) is 21.2 Å². The highest BCUT2D eigenvalue weighted by Gasteiger charge is 2.58. The Bertz CT molecular complexity index is 1250. The van der Waals surface area contributed by atoms with Gasteiger partial charge in [-0.3, -0.25) is 15.6 Å². The number of fused-ring (bicyclic) bond motifs is 2. The fraction of sp³-hybridized carbons (Fsp3) is 0.179. The number of pyridine rings is 1. The van der Waals surface area contributed by atoms with Crippen molar-refractivity contribution in [3.05, 3.63) is 114 Å². The van der Waals surface area contributed by atoms with Crippen molar-refractivity contribution < 1.29 is 19.1 Å². The number of carbonyl (C=O) groups is 2. The molecule has 3 atom stereocenters. The van der Waals surface area contributed by atoms with Gasteiger partial charge in [0.15, 0.2) is 0 Å². The van der Waals surface area contributed by atoms with Gasteiger partial charge in [-0.1, -0.05) is 60.7 Å². The highest BCUT2D eigenvalue weighted by atomic mass is 16.5. The number of nitrogens with zero attached hydrogens (tertiary/aromatic N) is 1. The first-order chi connectivity index (χ1) is 17.6. The third-order valence-electron chi connectivity index (χ3n) is 6.30. The second kappa shape index (κ2) is 10.1. The molecule has 2 aliphatic rings. The number of hydrogen-bond donors (Lipinski definition) is 3. The number of carbonyl (C=O) groups excluding carboxylic acids is 2. The lowest BCUT2D eigenvalue weighted by Crippen LogP contribution is -2.49. The van der Waals surface area contributed by atoms with Crippen LogP contribution in [-0.4, -0.2) is 41.7 Å². The van der Waals surface area contributed by atoms with Crippen molar-refractivity contribution in [2.24, 2.45) is 0 Å². The van der Waals surface area contributed by atoms with Crippen LogP contribution in [0.3, 0.4) is 0 Å². The molecule has 0 saturated carbocycles. The topological polar surface area (TPSA) is 102 Å². The third kappa shape index (κ3) is 4.46. The summed E-state index contributed by atoms with van der Waals surface area (Å²) in [5.41, 5.74) is 6.53. The molecule has 36 heavy (non-hydrogen) atoms. The van der Waals surface area contributed by atoms with Gasteiger partial charge in [-0.25, -0.2) is 9.78 Å². The lowest BCUT2D eigenvalue weighted by atomic mass is 9.79. The number of benzene rings is 2. The molecular formula is C28H26N4O4. The Morgan fingerprint density at radius 3 is 2.44 bits per heavy atom. The summed E-state index contributed by atoms with van der Waals surface area (Å²) in [6.45, 7) is 0. The molecule has 2 bridgehead atoms. The predicted octanol–water partition coefficient (Wildman–Crippen LogP) is 3.43. The molecule has 2 aromatic carbocycles. The zero-order valence-corrected chi connectivity index (χ0v) is 19.7. The lowest BCUT2D eigenvalue weighted by molar-refractivity contribution is -0.138. The van der Waals surface area contributed by atoms with Crippen molar-refractivity contribution in [3.63, 3.8) is 0 Å².